The molecule has 1 N–H and O–H groups in total. The molecule has 0 atom stereocenters. The van der Waals surface area contributed by atoms with Gasteiger partial charge in [0.2, 0.25) is 11.8 Å². The molecule has 6 saturated carbocycles. The highest BCUT2D eigenvalue weighted by atomic mass is 16.4. The first-order chi connectivity index (χ1) is 16.5. The maximum Gasteiger partial charge on any atom is 0.320 e. The molecule has 0 unspecified atom stereocenters. The third-order valence-electron chi connectivity index (χ3n) is 10.4. The Bertz CT molecular complexity index is 1170. The molecule has 0 radical (unpaired) electrons. The van der Waals surface area contributed by atoms with Gasteiger partial charge in [-0.15, -0.1) is 10.2 Å². The van der Waals surface area contributed by atoms with Crippen molar-refractivity contribution in [1.82, 2.24) is 35.2 Å². The van der Waals surface area contributed by atoms with Crippen LogP contribution in [-0.4, -0.2) is 67.4 Å². The Labute approximate surface area is 198 Å². The van der Waals surface area contributed by atoms with Gasteiger partial charge in [0.1, 0.15) is 5.82 Å². The third kappa shape index (κ3) is 2.43. The zero-order chi connectivity index (χ0) is 22.3. The van der Waals surface area contributed by atoms with Crippen molar-refractivity contribution in [2.75, 3.05) is 26.2 Å². The highest BCUT2D eigenvalue weighted by Gasteiger charge is 2.74. The smallest absolute Gasteiger partial charge is 0.320 e. The van der Waals surface area contributed by atoms with Crippen molar-refractivity contribution in [1.29, 1.82) is 0 Å². The van der Waals surface area contributed by atoms with E-state index in [2.05, 4.69) is 30.2 Å². The third-order valence-corrected chi connectivity index (χ3v) is 10.4. The van der Waals surface area contributed by atoms with Gasteiger partial charge in [-0.25, -0.2) is 9.78 Å². The van der Waals surface area contributed by atoms with Gasteiger partial charge in [-0.3, -0.25) is 5.10 Å². The summed E-state index contributed by atoms with van der Waals surface area (Å²) in [6.45, 7) is 3.69. The van der Waals surface area contributed by atoms with Gasteiger partial charge >= 0.3 is 6.03 Å². The van der Waals surface area contributed by atoms with Crippen LogP contribution in [-0.2, 0) is 5.41 Å². The van der Waals surface area contributed by atoms with Crippen LogP contribution in [0.3, 0.4) is 0 Å². The molecule has 4 heterocycles. The Morgan fingerprint density at radius 2 is 1.68 bits per heavy atom. The molecule has 9 heteroatoms. The number of aromatic amines is 1. The van der Waals surface area contributed by atoms with Crippen LogP contribution in [0.1, 0.15) is 99.0 Å². The molecule has 34 heavy (non-hydrogen) atoms. The molecular weight excluding hydrogens is 430 g/mol. The van der Waals surface area contributed by atoms with Gasteiger partial charge in [0, 0.05) is 49.3 Å². The number of hydrogen-bond donors (Lipinski definition) is 1. The molecule has 9 nitrogen and oxygen atoms in total. The van der Waals surface area contributed by atoms with Gasteiger partial charge in [0.25, 0.3) is 0 Å². The second kappa shape index (κ2) is 5.85. The van der Waals surface area contributed by atoms with Crippen LogP contribution < -0.4 is 0 Å². The summed E-state index contributed by atoms with van der Waals surface area (Å²) in [5.74, 6) is 6.13. The minimum absolute atomic E-state index is 0.164. The first-order valence-corrected chi connectivity index (χ1v) is 13.3. The van der Waals surface area contributed by atoms with Crippen molar-refractivity contribution in [2.24, 2.45) is 16.7 Å². The SMILES string of the molecule is O=C(N1CC(C23CC(c4nnc(C5CC5)o4)(C2)C3)C1)N1CC2(CC(c3n[nH]c(C4CC4)n3)C2)C1. The molecule has 1 spiro atoms. The lowest BCUT2D eigenvalue weighted by molar-refractivity contribution is -0.217. The molecule has 2 amide bonds. The molecule has 2 aromatic rings. The van der Waals surface area contributed by atoms with Crippen molar-refractivity contribution >= 4 is 6.03 Å². The predicted molar refractivity (Wildman–Crippen MR) is 119 cm³/mol. The fraction of sp³-hybridized carbons (Fsp3) is 0.800. The van der Waals surface area contributed by atoms with Crippen LogP contribution >= 0.6 is 0 Å². The zero-order valence-electron chi connectivity index (χ0n) is 19.5. The van der Waals surface area contributed by atoms with Crippen LogP contribution in [0.2, 0.25) is 0 Å². The summed E-state index contributed by atoms with van der Waals surface area (Å²) in [5, 5.41) is 16.3. The quantitative estimate of drug-likeness (QED) is 0.733. The maximum absolute atomic E-state index is 13.0. The molecule has 10 rings (SSSR count). The van der Waals surface area contributed by atoms with E-state index in [1.807, 2.05) is 0 Å². The number of urea groups is 1. The van der Waals surface area contributed by atoms with Gasteiger partial charge < -0.3 is 14.2 Å². The number of nitrogens with zero attached hydrogens (tertiary/aromatic N) is 6. The molecule has 178 valence electrons. The molecule has 2 aliphatic heterocycles. The Morgan fingerprint density at radius 1 is 0.941 bits per heavy atom. The summed E-state index contributed by atoms with van der Waals surface area (Å²) in [6, 6.07) is 0.256. The monoisotopic (exact) mass is 461 g/mol. The van der Waals surface area contributed by atoms with E-state index in [0.717, 1.165) is 62.5 Å². The Balaban J connectivity index is 0.757. The van der Waals surface area contributed by atoms with Crippen molar-refractivity contribution in [2.45, 2.75) is 81.0 Å². The fourth-order valence-electron chi connectivity index (χ4n) is 8.03. The summed E-state index contributed by atoms with van der Waals surface area (Å²) in [7, 11) is 0. The number of aromatic nitrogens is 5. The van der Waals surface area contributed by atoms with E-state index >= 15 is 0 Å². The van der Waals surface area contributed by atoms with Gasteiger partial charge in [0.05, 0.1) is 5.41 Å². The minimum Gasteiger partial charge on any atom is -0.424 e. The first-order valence-electron chi connectivity index (χ1n) is 13.3. The normalized spacial score (nSPS) is 35.9. The molecule has 2 bridgehead atoms. The molecule has 8 fully saturated rings. The molecule has 2 saturated heterocycles. The van der Waals surface area contributed by atoms with E-state index in [-0.39, 0.29) is 11.4 Å². The summed E-state index contributed by atoms with van der Waals surface area (Å²) in [6.07, 6.45) is 10.7. The topological polar surface area (TPSA) is 104 Å². The first kappa shape index (κ1) is 18.8. The zero-order valence-corrected chi connectivity index (χ0v) is 19.5. The molecule has 6 aliphatic carbocycles. The number of nitrogens with one attached hydrogen (secondary N) is 1. The highest BCUT2D eigenvalue weighted by molar-refractivity contribution is 5.76. The van der Waals surface area contributed by atoms with Crippen LogP contribution in [0, 0.1) is 16.7 Å². The Kier molecular flexibility index (Phi) is 3.24. The van der Waals surface area contributed by atoms with Crippen LogP contribution in [0.4, 0.5) is 4.79 Å². The van der Waals surface area contributed by atoms with Crippen LogP contribution in [0.25, 0.3) is 0 Å². The second-order valence-corrected chi connectivity index (χ2v) is 13.1. The Hall–Kier alpha value is -2.45. The number of hydrogen-bond acceptors (Lipinski definition) is 6. The fourth-order valence-corrected chi connectivity index (χ4v) is 8.03. The maximum atomic E-state index is 13.0. The van der Waals surface area contributed by atoms with Crippen molar-refractivity contribution in [3.63, 3.8) is 0 Å². The number of rotatable bonds is 5. The average Bonchev–Trinajstić information content (AvgIpc) is 3.61. The second-order valence-electron chi connectivity index (χ2n) is 13.1. The van der Waals surface area contributed by atoms with Gasteiger partial charge in [-0.05, 0) is 69.1 Å². The highest BCUT2D eigenvalue weighted by Crippen LogP contribution is 2.77. The summed E-state index contributed by atoms with van der Waals surface area (Å²) in [4.78, 5) is 21.9. The minimum atomic E-state index is 0.164. The molecule has 8 aliphatic rings. The van der Waals surface area contributed by atoms with Gasteiger partial charge in [0.15, 0.2) is 5.82 Å². The lowest BCUT2D eigenvalue weighted by atomic mass is 9.31. The van der Waals surface area contributed by atoms with Crippen molar-refractivity contribution < 1.29 is 9.21 Å². The lowest BCUT2D eigenvalue weighted by Gasteiger charge is -2.74. The number of likely N-dealkylation sites (tertiary alicyclic amines) is 2. The van der Waals surface area contributed by atoms with Gasteiger partial charge in [-0.1, -0.05) is 0 Å². The molecule has 0 aromatic carbocycles. The standard InChI is InChI=1S/C25H31N7O2/c33-22(32-12-23(13-32)5-16(6-23)19-26-18(27-28-19)14-1-2-14)31-7-17(8-31)24-9-25(10-24,11-24)21-30-29-20(34-21)15-3-4-15/h14-17H,1-13H2,(H,26,27,28). The number of amides is 2. The lowest BCUT2D eigenvalue weighted by Crippen LogP contribution is -2.74. The van der Waals surface area contributed by atoms with E-state index < -0.39 is 0 Å². The van der Waals surface area contributed by atoms with E-state index in [4.69, 9.17) is 9.40 Å². The molecular formula is C25H31N7O2. The van der Waals surface area contributed by atoms with Crippen molar-refractivity contribution in [3.05, 3.63) is 23.4 Å². The van der Waals surface area contributed by atoms with E-state index in [1.165, 1.54) is 44.9 Å². The van der Waals surface area contributed by atoms with E-state index in [9.17, 15) is 4.79 Å². The van der Waals surface area contributed by atoms with Crippen LogP contribution in [0.5, 0.6) is 0 Å². The predicted octanol–water partition coefficient (Wildman–Crippen LogP) is 3.30. The number of H-pyrrole nitrogens is 1. The molecule has 2 aromatic heterocycles. The average molecular weight is 462 g/mol. The summed E-state index contributed by atoms with van der Waals surface area (Å²) >= 11 is 0. The number of carbonyl (C=O) groups is 1. The van der Waals surface area contributed by atoms with Gasteiger partial charge in [-0.2, -0.15) is 5.10 Å². The van der Waals surface area contributed by atoms with E-state index in [1.54, 1.807) is 0 Å². The van der Waals surface area contributed by atoms with Crippen molar-refractivity contribution in [3.8, 4) is 0 Å². The Morgan fingerprint density at radius 3 is 2.38 bits per heavy atom. The summed E-state index contributed by atoms with van der Waals surface area (Å²) < 4.78 is 6.02. The largest absolute Gasteiger partial charge is 0.424 e. The summed E-state index contributed by atoms with van der Waals surface area (Å²) in [5.41, 5.74) is 0.921. The van der Waals surface area contributed by atoms with E-state index in [0.29, 0.717) is 34.5 Å². The number of carbonyl (C=O) groups excluding carboxylic acids is 1. The van der Waals surface area contributed by atoms with Crippen LogP contribution in [0.15, 0.2) is 4.42 Å².